The van der Waals surface area contributed by atoms with Crippen LogP contribution < -0.4 is 15.2 Å². The fourth-order valence-electron chi connectivity index (χ4n) is 5.82. The summed E-state index contributed by atoms with van der Waals surface area (Å²) in [5.74, 6) is -0.678. The van der Waals surface area contributed by atoms with Crippen LogP contribution in [-0.4, -0.2) is 85.0 Å². The highest BCUT2D eigenvalue weighted by molar-refractivity contribution is 5.82. The predicted octanol–water partition coefficient (Wildman–Crippen LogP) is 3.72. The molecule has 2 fully saturated rings. The molecule has 3 heterocycles. The van der Waals surface area contributed by atoms with Crippen LogP contribution in [0.4, 0.5) is 15.0 Å². The smallest absolute Gasteiger partial charge is 0.409 e. The van der Waals surface area contributed by atoms with Crippen molar-refractivity contribution >= 4 is 17.8 Å². The van der Waals surface area contributed by atoms with Gasteiger partial charge in [0, 0.05) is 56.8 Å². The van der Waals surface area contributed by atoms with Gasteiger partial charge in [-0.25, -0.2) is 14.3 Å². The van der Waals surface area contributed by atoms with Crippen LogP contribution in [-0.2, 0) is 9.53 Å². The van der Waals surface area contributed by atoms with Crippen molar-refractivity contribution in [1.29, 1.82) is 0 Å². The number of methoxy groups -OCH3 is 2. The first kappa shape index (κ1) is 29.8. The monoisotopic (exact) mass is 567 g/mol. The Labute approximate surface area is 239 Å². The number of carbonyl (C=O) groups is 2. The van der Waals surface area contributed by atoms with E-state index < -0.39 is 23.7 Å². The molecule has 11 heteroatoms. The second-order valence-electron chi connectivity index (χ2n) is 10.3. The van der Waals surface area contributed by atoms with Gasteiger partial charge in [-0.1, -0.05) is 30.4 Å². The van der Waals surface area contributed by atoms with Gasteiger partial charge in [0.25, 0.3) is 5.56 Å². The molecule has 2 aromatic rings. The minimum Gasteiger partial charge on any atom is -0.497 e. The minimum atomic E-state index is -0.566. The van der Waals surface area contributed by atoms with E-state index in [0.717, 1.165) is 5.57 Å². The maximum atomic E-state index is 15.3. The van der Waals surface area contributed by atoms with Crippen molar-refractivity contribution in [3.8, 4) is 5.75 Å². The third kappa shape index (κ3) is 6.78. The van der Waals surface area contributed by atoms with Crippen molar-refractivity contribution in [2.75, 3.05) is 51.8 Å². The van der Waals surface area contributed by atoms with Crippen LogP contribution >= 0.6 is 0 Å². The van der Waals surface area contributed by atoms with Gasteiger partial charge in [-0.15, -0.1) is 0 Å². The number of rotatable bonds is 7. The zero-order valence-electron chi connectivity index (χ0n) is 23.8. The number of anilines is 1. The number of allylic oxidation sites excluding steroid dienone is 2. The number of carbonyl (C=O) groups excluding carboxylic acids is 2. The Hall–Kier alpha value is -4.15. The molecule has 0 saturated carbocycles. The summed E-state index contributed by atoms with van der Waals surface area (Å²) >= 11 is 0. The molecule has 2 aliphatic heterocycles. The third-order valence-corrected chi connectivity index (χ3v) is 8.07. The molecule has 0 bridgehead atoms. The fraction of sp³-hybridized carbons (Fsp3) is 0.467. The van der Waals surface area contributed by atoms with E-state index in [1.807, 2.05) is 17.9 Å². The van der Waals surface area contributed by atoms with E-state index >= 15 is 4.39 Å². The molecule has 0 spiro atoms. The average Bonchev–Trinajstić information content (AvgIpc) is 3.41. The lowest BCUT2D eigenvalue weighted by Crippen LogP contribution is -2.50. The summed E-state index contributed by atoms with van der Waals surface area (Å²) in [7, 11) is 2.83. The van der Waals surface area contributed by atoms with E-state index in [-0.39, 0.29) is 17.5 Å². The van der Waals surface area contributed by atoms with Gasteiger partial charge in [0.1, 0.15) is 17.4 Å². The first-order valence-corrected chi connectivity index (χ1v) is 13.8. The molecular weight excluding hydrogens is 529 g/mol. The summed E-state index contributed by atoms with van der Waals surface area (Å²) in [5.41, 5.74) is 1.13. The molecule has 3 atom stereocenters. The molecule has 4 rings (SSSR count). The maximum Gasteiger partial charge on any atom is 0.409 e. The Balaban J connectivity index is 1.59. The van der Waals surface area contributed by atoms with Crippen molar-refractivity contribution < 1.29 is 23.5 Å². The molecule has 1 unspecified atom stereocenters. The zero-order valence-corrected chi connectivity index (χ0v) is 23.8. The molecule has 1 aromatic heterocycles. The predicted molar refractivity (Wildman–Crippen MR) is 154 cm³/mol. The van der Waals surface area contributed by atoms with E-state index in [2.05, 4.69) is 16.8 Å². The van der Waals surface area contributed by atoms with Crippen LogP contribution in [0.15, 0.2) is 59.4 Å². The van der Waals surface area contributed by atoms with Crippen LogP contribution in [0.2, 0.25) is 0 Å². The number of nitrogens with one attached hydrogen (secondary N) is 1. The van der Waals surface area contributed by atoms with Crippen molar-refractivity contribution in [3.63, 3.8) is 0 Å². The molecule has 1 N–H and O–H groups in total. The molecule has 10 nitrogen and oxygen atoms in total. The van der Waals surface area contributed by atoms with E-state index in [1.165, 1.54) is 26.4 Å². The minimum absolute atomic E-state index is 0.0710. The van der Waals surface area contributed by atoms with Gasteiger partial charge in [-0.3, -0.25) is 9.59 Å². The number of aromatic amines is 1. The van der Waals surface area contributed by atoms with Crippen LogP contribution in [0.1, 0.15) is 37.7 Å². The largest absolute Gasteiger partial charge is 0.497 e. The van der Waals surface area contributed by atoms with Gasteiger partial charge in [0.05, 0.1) is 20.1 Å². The van der Waals surface area contributed by atoms with Gasteiger partial charge in [0.2, 0.25) is 5.91 Å². The third-order valence-electron chi connectivity index (χ3n) is 8.07. The molecule has 2 amide bonds. The van der Waals surface area contributed by atoms with Gasteiger partial charge >= 0.3 is 6.09 Å². The molecule has 1 aromatic carbocycles. The molecule has 2 aliphatic rings. The average molecular weight is 568 g/mol. The second-order valence-corrected chi connectivity index (χ2v) is 10.3. The van der Waals surface area contributed by atoms with Gasteiger partial charge in [0.15, 0.2) is 0 Å². The lowest BCUT2D eigenvalue weighted by Gasteiger charge is -2.37. The Morgan fingerprint density at radius 2 is 1.98 bits per heavy atom. The van der Waals surface area contributed by atoms with Crippen molar-refractivity contribution in [2.24, 2.45) is 5.92 Å². The molecule has 41 heavy (non-hydrogen) atoms. The Morgan fingerprint density at radius 1 is 1.17 bits per heavy atom. The highest BCUT2D eigenvalue weighted by atomic mass is 19.1. The van der Waals surface area contributed by atoms with Crippen molar-refractivity contribution in [1.82, 2.24) is 20.0 Å². The summed E-state index contributed by atoms with van der Waals surface area (Å²) in [4.78, 5) is 43.8. The van der Waals surface area contributed by atoms with Crippen molar-refractivity contribution in [3.05, 3.63) is 76.4 Å². The maximum absolute atomic E-state index is 15.3. The number of H-pyrrole nitrogens is 1. The second kappa shape index (κ2) is 13.5. The summed E-state index contributed by atoms with van der Waals surface area (Å²) in [6.45, 7) is 7.63. The normalized spacial score (nSPS) is 21.7. The number of hydrogen-bond acceptors (Lipinski definition) is 7. The molecule has 0 radical (unpaired) electrons. The lowest BCUT2D eigenvalue weighted by molar-refractivity contribution is -0.136. The number of aromatic nitrogens is 2. The fourth-order valence-corrected chi connectivity index (χ4v) is 5.82. The van der Waals surface area contributed by atoms with Crippen molar-refractivity contribution in [2.45, 2.75) is 38.1 Å². The highest BCUT2D eigenvalue weighted by Gasteiger charge is 2.42. The SMILES string of the molecule is C=C/C(=C\C)CC1CCCN(C(=O)[C@@H]2CN(c3ccc(=O)[nH]n3)C[C@H]2c2ccc(OC)cc2F)CCN1C(=O)OC. The van der Waals surface area contributed by atoms with Gasteiger partial charge in [-0.2, -0.15) is 5.10 Å². The topological polar surface area (TPSA) is 108 Å². The Bertz CT molecular complexity index is 1320. The lowest BCUT2D eigenvalue weighted by atomic mass is 9.87. The van der Waals surface area contributed by atoms with Gasteiger partial charge in [-0.05, 0) is 43.9 Å². The summed E-state index contributed by atoms with van der Waals surface area (Å²) in [5, 5.41) is 6.57. The number of nitrogens with zero attached hydrogens (tertiary/aromatic N) is 4. The van der Waals surface area contributed by atoms with Crippen LogP contribution in [0.5, 0.6) is 5.75 Å². The number of benzene rings is 1. The zero-order chi connectivity index (χ0) is 29.5. The number of amides is 2. The molecular formula is C30H38FN5O5. The number of hydrogen-bond donors (Lipinski definition) is 1. The molecule has 0 aliphatic carbocycles. The Morgan fingerprint density at radius 3 is 2.61 bits per heavy atom. The quantitative estimate of drug-likeness (QED) is 0.508. The number of halogens is 1. The molecule has 220 valence electrons. The summed E-state index contributed by atoms with van der Waals surface area (Å²) < 4.78 is 25.6. The number of ether oxygens (including phenoxy) is 2. The first-order valence-electron chi connectivity index (χ1n) is 13.8. The summed E-state index contributed by atoms with van der Waals surface area (Å²) in [6.07, 6.45) is 5.39. The van der Waals surface area contributed by atoms with Crippen LogP contribution in [0.25, 0.3) is 0 Å². The van der Waals surface area contributed by atoms with E-state index in [4.69, 9.17) is 9.47 Å². The standard InChI is InChI=1S/C30H38FN5O5/c1-5-20(6-2)16-21-8-7-13-34(14-15-36(21)30(39)41-4)29(38)25-19-35(27-11-12-28(37)33-32-27)18-24(25)23-10-9-22(40-3)17-26(23)31/h5-6,9-12,17,21,24-25H,1,7-8,13-16,18-19H2,2-4H3,(H,33,37)/b20-6+/t21?,24-,25+/m0/s1. The van der Waals surface area contributed by atoms with E-state index in [1.54, 1.807) is 34.1 Å². The van der Waals surface area contributed by atoms with E-state index in [0.29, 0.717) is 69.1 Å². The molecule has 2 saturated heterocycles. The van der Waals surface area contributed by atoms with Crippen LogP contribution in [0, 0.1) is 11.7 Å². The Kier molecular flexibility index (Phi) is 9.80. The van der Waals surface area contributed by atoms with E-state index in [9.17, 15) is 14.4 Å². The van der Waals surface area contributed by atoms with Gasteiger partial charge < -0.3 is 24.2 Å². The first-order chi connectivity index (χ1) is 19.8. The summed E-state index contributed by atoms with van der Waals surface area (Å²) in [6, 6.07) is 7.58. The van der Waals surface area contributed by atoms with Crippen LogP contribution in [0.3, 0.4) is 0 Å². The highest BCUT2D eigenvalue weighted by Crippen LogP contribution is 2.38.